The van der Waals surface area contributed by atoms with Gasteiger partial charge in [-0.3, -0.25) is 10.1 Å². The standard InChI is InChI=1S/C12H15N3O4Si/c1-20(2,3)11(14-13)12(16)19-8-9-4-6-10(7-5-9)15(17)18/h4-7H,8H2,1-3H3. The summed E-state index contributed by atoms with van der Waals surface area (Å²) in [5, 5.41) is 10.6. The normalized spacial score (nSPS) is 10.6. The summed E-state index contributed by atoms with van der Waals surface area (Å²) in [6.07, 6.45) is 0. The Hall–Kier alpha value is -2.31. The van der Waals surface area contributed by atoms with Crippen molar-refractivity contribution < 1.29 is 19.2 Å². The van der Waals surface area contributed by atoms with Gasteiger partial charge in [0.15, 0.2) is 8.07 Å². The molecule has 106 valence electrons. The van der Waals surface area contributed by atoms with E-state index in [4.69, 9.17) is 10.3 Å². The van der Waals surface area contributed by atoms with Crippen LogP contribution in [-0.2, 0) is 16.1 Å². The second-order valence-corrected chi connectivity index (χ2v) is 10.2. The van der Waals surface area contributed by atoms with Gasteiger partial charge in [-0.2, -0.15) is 4.79 Å². The number of rotatable bonds is 5. The van der Waals surface area contributed by atoms with Crippen LogP contribution in [0.5, 0.6) is 0 Å². The van der Waals surface area contributed by atoms with Crippen molar-refractivity contribution in [1.29, 1.82) is 0 Å². The monoisotopic (exact) mass is 293 g/mol. The van der Waals surface area contributed by atoms with Crippen molar-refractivity contribution in [3.8, 4) is 0 Å². The number of nitrogens with zero attached hydrogens (tertiary/aromatic N) is 3. The number of hydrogen-bond donors (Lipinski definition) is 0. The highest BCUT2D eigenvalue weighted by Gasteiger charge is 2.38. The SMILES string of the molecule is C[Si](C)(C)C(=[N+]=[N-])C(=O)OCc1ccc([N+](=O)[O-])cc1. The number of nitro benzene ring substituents is 1. The van der Waals surface area contributed by atoms with Crippen LogP contribution < -0.4 is 0 Å². The summed E-state index contributed by atoms with van der Waals surface area (Å²) in [7, 11) is -2.08. The van der Waals surface area contributed by atoms with E-state index in [2.05, 4.69) is 4.79 Å². The van der Waals surface area contributed by atoms with Gasteiger partial charge in [-0.15, -0.1) is 0 Å². The largest absolute Gasteiger partial charge is 0.453 e. The highest BCUT2D eigenvalue weighted by Crippen LogP contribution is 2.13. The van der Waals surface area contributed by atoms with Crippen molar-refractivity contribution in [2.24, 2.45) is 0 Å². The number of ether oxygens (including phenoxy) is 1. The van der Waals surface area contributed by atoms with Gasteiger partial charge in [0.25, 0.3) is 5.69 Å². The molecular formula is C12H15N3O4Si. The Kier molecular flexibility index (Phi) is 4.90. The van der Waals surface area contributed by atoms with Crippen LogP contribution in [0, 0.1) is 10.1 Å². The summed E-state index contributed by atoms with van der Waals surface area (Å²) in [5.74, 6) is -0.662. The van der Waals surface area contributed by atoms with Crippen molar-refractivity contribution in [2.75, 3.05) is 0 Å². The first-order valence-corrected chi connectivity index (χ1v) is 9.38. The van der Waals surface area contributed by atoms with Crippen LogP contribution in [0.3, 0.4) is 0 Å². The Morgan fingerprint density at radius 1 is 1.35 bits per heavy atom. The summed E-state index contributed by atoms with van der Waals surface area (Å²) < 4.78 is 5.04. The average molecular weight is 293 g/mol. The first kappa shape index (κ1) is 15.7. The first-order chi connectivity index (χ1) is 9.25. The molecule has 0 heterocycles. The minimum atomic E-state index is -2.08. The maximum absolute atomic E-state index is 11.8. The third-order valence-electron chi connectivity index (χ3n) is 2.52. The molecular weight excluding hydrogens is 278 g/mol. The van der Waals surface area contributed by atoms with Crippen molar-refractivity contribution in [2.45, 2.75) is 26.2 Å². The van der Waals surface area contributed by atoms with Gasteiger partial charge >= 0.3 is 11.3 Å². The van der Waals surface area contributed by atoms with Crippen LogP contribution in [0.25, 0.3) is 5.53 Å². The molecule has 0 spiro atoms. The number of nitro groups is 1. The maximum atomic E-state index is 11.8. The number of carbonyl (C=O) groups excluding carboxylic acids is 1. The maximum Gasteiger partial charge on any atom is 0.410 e. The van der Waals surface area contributed by atoms with Crippen LogP contribution in [0.2, 0.25) is 19.6 Å². The van der Waals surface area contributed by atoms with E-state index in [1.54, 1.807) is 0 Å². The number of carbonyl (C=O) groups is 1. The summed E-state index contributed by atoms with van der Waals surface area (Å²) in [6, 6.07) is 5.69. The van der Waals surface area contributed by atoms with Crippen LogP contribution in [-0.4, -0.2) is 29.1 Å². The fourth-order valence-corrected chi connectivity index (χ4v) is 2.41. The summed E-state index contributed by atoms with van der Waals surface area (Å²) in [4.78, 5) is 24.8. The Morgan fingerprint density at radius 2 is 1.90 bits per heavy atom. The zero-order valence-corrected chi connectivity index (χ0v) is 12.5. The summed E-state index contributed by atoms with van der Waals surface area (Å²) >= 11 is 0. The van der Waals surface area contributed by atoms with Gasteiger partial charge in [0.2, 0.25) is 0 Å². The topological polar surface area (TPSA) is 106 Å². The molecule has 0 aliphatic heterocycles. The lowest BCUT2D eigenvalue weighted by Crippen LogP contribution is -2.41. The smallest absolute Gasteiger partial charge is 0.410 e. The van der Waals surface area contributed by atoms with Crippen molar-refractivity contribution >= 4 is 25.1 Å². The third kappa shape index (κ3) is 4.11. The molecule has 0 unspecified atom stereocenters. The van der Waals surface area contributed by atoms with E-state index in [1.807, 2.05) is 19.6 Å². The Balaban J connectivity index is 2.70. The van der Waals surface area contributed by atoms with Gasteiger partial charge in [0.05, 0.1) is 4.92 Å². The quantitative estimate of drug-likeness (QED) is 0.158. The molecule has 1 aromatic carbocycles. The van der Waals surface area contributed by atoms with E-state index in [9.17, 15) is 14.9 Å². The Morgan fingerprint density at radius 3 is 2.30 bits per heavy atom. The molecule has 7 nitrogen and oxygen atoms in total. The van der Waals surface area contributed by atoms with Gasteiger partial charge < -0.3 is 10.3 Å². The molecule has 0 saturated carbocycles. The molecule has 0 fully saturated rings. The minimum absolute atomic E-state index is 0.0275. The predicted molar refractivity (Wildman–Crippen MR) is 74.9 cm³/mol. The van der Waals surface area contributed by atoms with Gasteiger partial charge in [-0.05, 0) is 17.7 Å². The highest BCUT2D eigenvalue weighted by molar-refractivity contribution is 7.11. The molecule has 8 heteroatoms. The molecule has 1 rings (SSSR count). The van der Waals surface area contributed by atoms with E-state index in [-0.39, 0.29) is 17.6 Å². The van der Waals surface area contributed by atoms with Crippen LogP contribution >= 0.6 is 0 Å². The van der Waals surface area contributed by atoms with E-state index >= 15 is 0 Å². The number of hydrogen-bond acceptors (Lipinski definition) is 4. The van der Waals surface area contributed by atoms with Crippen molar-refractivity contribution in [1.82, 2.24) is 0 Å². The molecule has 0 amide bonds. The summed E-state index contributed by atoms with van der Waals surface area (Å²) in [5.41, 5.74) is 9.47. The lowest BCUT2D eigenvalue weighted by Gasteiger charge is -2.09. The molecule has 0 saturated heterocycles. The van der Waals surface area contributed by atoms with Gasteiger partial charge in [0, 0.05) is 12.1 Å². The van der Waals surface area contributed by atoms with Crippen molar-refractivity contribution in [3.05, 3.63) is 45.5 Å². The molecule has 0 aromatic heterocycles. The molecule has 0 bridgehead atoms. The second-order valence-electron chi connectivity index (χ2n) is 5.20. The zero-order chi connectivity index (χ0) is 15.3. The third-order valence-corrected chi connectivity index (χ3v) is 4.25. The van der Waals surface area contributed by atoms with Crippen LogP contribution in [0.1, 0.15) is 5.56 Å². The fraction of sp³-hybridized carbons (Fsp3) is 0.333. The van der Waals surface area contributed by atoms with Crippen molar-refractivity contribution in [3.63, 3.8) is 0 Å². The fourth-order valence-electron chi connectivity index (χ4n) is 1.43. The average Bonchev–Trinajstić information content (AvgIpc) is 2.36. The van der Waals surface area contributed by atoms with E-state index in [1.165, 1.54) is 24.3 Å². The molecule has 0 N–H and O–H groups in total. The molecule has 20 heavy (non-hydrogen) atoms. The molecule has 0 aliphatic carbocycles. The molecule has 1 aromatic rings. The Bertz CT molecular complexity index is 571. The number of benzene rings is 1. The Labute approximate surface area is 117 Å². The lowest BCUT2D eigenvalue weighted by atomic mass is 10.2. The minimum Gasteiger partial charge on any atom is -0.453 e. The number of esters is 1. The summed E-state index contributed by atoms with van der Waals surface area (Å²) in [6.45, 7) is 5.54. The highest BCUT2D eigenvalue weighted by atomic mass is 28.3. The van der Waals surface area contributed by atoms with Crippen LogP contribution in [0.15, 0.2) is 24.3 Å². The zero-order valence-electron chi connectivity index (χ0n) is 11.5. The van der Waals surface area contributed by atoms with E-state index < -0.39 is 19.0 Å². The molecule has 0 aliphatic rings. The van der Waals surface area contributed by atoms with Gasteiger partial charge in [0.1, 0.15) is 6.61 Å². The first-order valence-electron chi connectivity index (χ1n) is 5.88. The van der Waals surface area contributed by atoms with Gasteiger partial charge in [-0.1, -0.05) is 19.6 Å². The second kappa shape index (κ2) is 6.22. The van der Waals surface area contributed by atoms with Gasteiger partial charge in [-0.25, -0.2) is 4.79 Å². The van der Waals surface area contributed by atoms with E-state index in [0.717, 1.165) is 0 Å². The molecule has 0 atom stereocenters. The predicted octanol–water partition coefficient (Wildman–Crippen LogP) is 2.19. The van der Waals surface area contributed by atoms with Crippen LogP contribution in [0.4, 0.5) is 5.69 Å². The molecule has 0 radical (unpaired) electrons. The number of non-ortho nitro benzene ring substituents is 1. The lowest BCUT2D eigenvalue weighted by molar-refractivity contribution is -0.384. The van der Waals surface area contributed by atoms with E-state index in [0.29, 0.717) is 5.56 Å².